The van der Waals surface area contributed by atoms with Crippen molar-refractivity contribution in [3.8, 4) is 0 Å². The topological polar surface area (TPSA) is 68.8 Å². The van der Waals surface area contributed by atoms with Crippen LogP contribution in [-0.2, 0) is 21.5 Å². The van der Waals surface area contributed by atoms with E-state index in [-0.39, 0.29) is 18.4 Å². The first-order valence-electron chi connectivity index (χ1n) is 9.90. The van der Waals surface area contributed by atoms with Crippen LogP contribution in [0, 0.1) is 0 Å². The van der Waals surface area contributed by atoms with Crippen LogP contribution < -0.4 is 0 Å². The van der Waals surface area contributed by atoms with Crippen molar-refractivity contribution in [1.82, 2.24) is 14.9 Å². The van der Waals surface area contributed by atoms with Crippen molar-refractivity contribution in [2.75, 3.05) is 6.54 Å². The number of hydrogen-bond donors (Lipinski definition) is 1. The summed E-state index contributed by atoms with van der Waals surface area (Å²) >= 11 is 6.18. The highest BCUT2D eigenvalue weighted by atomic mass is 35.5. The number of amides is 2. The zero-order valence-electron chi connectivity index (χ0n) is 16.7. The molecule has 3 heterocycles. The number of halogens is 1. The third kappa shape index (κ3) is 2.75. The molecule has 1 fully saturated rings. The lowest BCUT2D eigenvalue weighted by molar-refractivity contribution is -0.163. The molecule has 0 spiro atoms. The van der Waals surface area contributed by atoms with E-state index in [0.717, 1.165) is 22.2 Å². The van der Waals surface area contributed by atoms with Gasteiger partial charge in [-0.15, -0.1) is 0 Å². The first-order valence-corrected chi connectivity index (χ1v) is 10.3. The Hall–Kier alpha value is -3.12. The maximum atomic E-state index is 13.3. The molecule has 2 aliphatic rings. The largest absolute Gasteiger partial charge is 0.356 e. The van der Waals surface area contributed by atoms with Crippen molar-refractivity contribution >= 4 is 40.5 Å². The quantitative estimate of drug-likeness (QED) is 0.642. The van der Waals surface area contributed by atoms with Crippen molar-refractivity contribution in [3.63, 3.8) is 0 Å². The minimum absolute atomic E-state index is 0.0880. The fraction of sp³-hybridized carbons (Fsp3) is 0.261. The molecule has 2 aliphatic heterocycles. The number of aromatic amines is 1. The third-order valence-corrected chi connectivity index (χ3v) is 6.42. The summed E-state index contributed by atoms with van der Waals surface area (Å²) in [5.74, 6) is -0.299. The van der Waals surface area contributed by atoms with Crippen molar-refractivity contribution in [2.45, 2.75) is 31.8 Å². The molecule has 0 aliphatic carbocycles. The lowest BCUT2D eigenvalue weighted by atomic mass is 9.82. The van der Waals surface area contributed by atoms with Crippen LogP contribution in [-0.4, -0.2) is 45.5 Å². The van der Waals surface area contributed by atoms with Gasteiger partial charge >= 0.3 is 0 Å². The van der Waals surface area contributed by atoms with Crippen LogP contribution in [0.5, 0.6) is 0 Å². The van der Waals surface area contributed by atoms with Crippen LogP contribution in [0.15, 0.2) is 53.6 Å². The van der Waals surface area contributed by atoms with Crippen molar-refractivity contribution in [1.29, 1.82) is 0 Å². The monoisotopic (exact) mass is 420 g/mol. The van der Waals surface area contributed by atoms with E-state index in [9.17, 15) is 9.59 Å². The van der Waals surface area contributed by atoms with Gasteiger partial charge in [0.15, 0.2) is 0 Å². The summed E-state index contributed by atoms with van der Waals surface area (Å²) in [5.41, 5.74) is 3.18. The van der Waals surface area contributed by atoms with Gasteiger partial charge in [-0.25, -0.2) is 5.01 Å². The highest BCUT2D eigenvalue weighted by Crippen LogP contribution is 2.42. The van der Waals surface area contributed by atoms with E-state index in [1.807, 2.05) is 50.2 Å². The number of H-pyrrole nitrogens is 1. The van der Waals surface area contributed by atoms with Gasteiger partial charge in [-0.3, -0.25) is 9.59 Å². The van der Waals surface area contributed by atoms with Gasteiger partial charge in [-0.05, 0) is 31.5 Å². The van der Waals surface area contributed by atoms with Crippen LogP contribution in [0.1, 0.15) is 30.7 Å². The van der Waals surface area contributed by atoms with E-state index in [2.05, 4.69) is 16.2 Å². The van der Waals surface area contributed by atoms with Gasteiger partial charge in [0.25, 0.3) is 5.91 Å². The fourth-order valence-electron chi connectivity index (χ4n) is 4.68. The first kappa shape index (κ1) is 18.9. The molecular formula is C23H21ClN4O2. The van der Waals surface area contributed by atoms with Gasteiger partial charge < -0.3 is 9.88 Å². The lowest BCUT2D eigenvalue weighted by Gasteiger charge is -2.50. The number of rotatable bonds is 2. The zero-order valence-corrected chi connectivity index (χ0v) is 17.5. The van der Waals surface area contributed by atoms with E-state index in [1.54, 1.807) is 11.0 Å². The molecule has 0 bridgehead atoms. The summed E-state index contributed by atoms with van der Waals surface area (Å²) in [4.78, 5) is 31.7. The number of fused-ring (bicyclic) bond motifs is 4. The van der Waals surface area contributed by atoms with Crippen LogP contribution >= 0.6 is 11.6 Å². The van der Waals surface area contributed by atoms with Gasteiger partial charge in [-0.2, -0.15) is 5.10 Å². The molecule has 2 amide bonds. The first-order chi connectivity index (χ1) is 14.4. The normalized spacial score (nSPS) is 20.7. The Bertz CT molecular complexity index is 1210. The SMILES string of the molecule is CC1(C)c2[nH]c3ccccc3c2C[C@H]2C(=O)N(/N=C/c3ccccc3Cl)CC(=O)N21. The number of carbonyl (C=O) groups is 2. The zero-order chi connectivity index (χ0) is 21.0. The smallest absolute Gasteiger partial charge is 0.266 e. The fourth-order valence-corrected chi connectivity index (χ4v) is 4.86. The molecule has 1 N–H and O–H groups in total. The van der Waals surface area contributed by atoms with Crippen molar-refractivity contribution < 1.29 is 9.59 Å². The Labute approximate surface area is 179 Å². The number of nitrogens with one attached hydrogen (secondary N) is 1. The van der Waals surface area contributed by atoms with Gasteiger partial charge in [0, 0.05) is 33.6 Å². The maximum Gasteiger partial charge on any atom is 0.266 e. The second kappa shape index (κ2) is 6.71. The summed E-state index contributed by atoms with van der Waals surface area (Å²) in [6.07, 6.45) is 2.00. The predicted octanol–water partition coefficient (Wildman–Crippen LogP) is 3.69. The Kier molecular flexibility index (Phi) is 4.22. The number of nitrogens with zero attached hydrogens (tertiary/aromatic N) is 3. The minimum atomic E-state index is -0.622. The Morgan fingerprint density at radius 1 is 1.13 bits per heavy atom. The number of benzene rings is 2. The molecule has 0 unspecified atom stereocenters. The molecule has 0 saturated carbocycles. The Morgan fingerprint density at radius 3 is 2.67 bits per heavy atom. The molecule has 3 aromatic rings. The average molecular weight is 421 g/mol. The number of hydrogen-bond acceptors (Lipinski definition) is 3. The summed E-state index contributed by atoms with van der Waals surface area (Å²) < 4.78 is 0. The molecule has 30 heavy (non-hydrogen) atoms. The molecular weight excluding hydrogens is 400 g/mol. The second-order valence-electron chi connectivity index (χ2n) is 8.23. The standard InChI is InChI=1S/C23H21ClN4O2/c1-23(2)21-16(15-8-4-6-10-18(15)26-21)11-19-22(30)27(13-20(29)28(19)23)25-12-14-7-3-5-9-17(14)24/h3-10,12,19,26H,11,13H2,1-2H3/b25-12+/t19-/m0/s1. The van der Waals surface area contributed by atoms with Crippen molar-refractivity contribution in [2.24, 2.45) is 5.10 Å². The van der Waals surface area contributed by atoms with E-state index >= 15 is 0 Å². The van der Waals surface area contributed by atoms with Gasteiger partial charge in [-0.1, -0.05) is 48.0 Å². The molecule has 6 nitrogen and oxygen atoms in total. The Balaban J connectivity index is 1.53. The van der Waals surface area contributed by atoms with E-state index < -0.39 is 11.6 Å². The second-order valence-corrected chi connectivity index (χ2v) is 8.64. The van der Waals surface area contributed by atoms with Gasteiger partial charge in [0.1, 0.15) is 12.6 Å². The third-order valence-electron chi connectivity index (χ3n) is 6.07. The van der Waals surface area contributed by atoms with Crippen LogP contribution in [0.4, 0.5) is 0 Å². The molecule has 152 valence electrons. The minimum Gasteiger partial charge on any atom is -0.356 e. The lowest BCUT2D eigenvalue weighted by Crippen LogP contribution is -2.66. The van der Waals surface area contributed by atoms with Crippen LogP contribution in [0.2, 0.25) is 5.02 Å². The number of piperazine rings is 1. The molecule has 5 rings (SSSR count). The summed E-state index contributed by atoms with van der Waals surface area (Å²) in [6.45, 7) is 3.89. The van der Waals surface area contributed by atoms with E-state index in [4.69, 9.17) is 11.6 Å². The van der Waals surface area contributed by atoms with Gasteiger partial charge in [0.2, 0.25) is 5.91 Å². The summed E-state index contributed by atoms with van der Waals surface area (Å²) in [6, 6.07) is 14.7. The van der Waals surface area contributed by atoms with E-state index in [0.29, 0.717) is 17.0 Å². The highest BCUT2D eigenvalue weighted by molar-refractivity contribution is 6.33. The number of hydrazone groups is 1. The molecule has 7 heteroatoms. The van der Waals surface area contributed by atoms with Crippen molar-refractivity contribution in [3.05, 3.63) is 70.4 Å². The number of aromatic nitrogens is 1. The summed E-state index contributed by atoms with van der Waals surface area (Å²) in [5, 5.41) is 7.21. The van der Waals surface area contributed by atoms with Crippen LogP contribution in [0.25, 0.3) is 10.9 Å². The number of para-hydroxylation sites is 1. The number of carbonyl (C=O) groups excluding carboxylic acids is 2. The predicted molar refractivity (Wildman–Crippen MR) is 116 cm³/mol. The molecule has 0 radical (unpaired) electrons. The Morgan fingerprint density at radius 2 is 1.87 bits per heavy atom. The van der Waals surface area contributed by atoms with Gasteiger partial charge in [0.05, 0.1) is 11.8 Å². The maximum absolute atomic E-state index is 13.3. The van der Waals surface area contributed by atoms with E-state index in [1.165, 1.54) is 11.2 Å². The molecule has 1 saturated heterocycles. The highest BCUT2D eigenvalue weighted by Gasteiger charge is 2.51. The molecule has 1 atom stereocenters. The molecule has 1 aromatic heterocycles. The average Bonchev–Trinajstić information content (AvgIpc) is 3.10. The summed E-state index contributed by atoms with van der Waals surface area (Å²) in [7, 11) is 0. The van der Waals surface area contributed by atoms with Crippen LogP contribution in [0.3, 0.4) is 0 Å². The molecule has 2 aromatic carbocycles.